The van der Waals surface area contributed by atoms with E-state index in [0.29, 0.717) is 41.8 Å². The number of oxazole rings is 1. The zero-order valence-corrected chi connectivity index (χ0v) is 22.4. The minimum absolute atomic E-state index is 0.0870. The van der Waals surface area contributed by atoms with E-state index in [9.17, 15) is 9.59 Å². The van der Waals surface area contributed by atoms with Gasteiger partial charge in [0.15, 0.2) is 11.5 Å². The highest BCUT2D eigenvalue weighted by Gasteiger charge is 2.54. The molecule has 1 unspecified atom stereocenters. The van der Waals surface area contributed by atoms with E-state index in [1.54, 1.807) is 17.7 Å². The zero-order chi connectivity index (χ0) is 27.0. The molecule has 1 saturated heterocycles. The van der Waals surface area contributed by atoms with Gasteiger partial charge in [0.25, 0.3) is 5.56 Å². The molecule has 1 spiro atoms. The van der Waals surface area contributed by atoms with Gasteiger partial charge in [-0.3, -0.25) is 4.79 Å². The third kappa shape index (κ3) is 4.16. The van der Waals surface area contributed by atoms with Gasteiger partial charge in [0.1, 0.15) is 16.9 Å². The summed E-state index contributed by atoms with van der Waals surface area (Å²) < 4.78 is 28.5. The van der Waals surface area contributed by atoms with Crippen LogP contribution < -0.4 is 5.56 Å². The maximum absolute atomic E-state index is 15.5. The summed E-state index contributed by atoms with van der Waals surface area (Å²) in [4.78, 5) is 32.6. The summed E-state index contributed by atoms with van der Waals surface area (Å²) in [6.45, 7) is 9.84. The average molecular weight is 518 g/mol. The van der Waals surface area contributed by atoms with Crippen LogP contribution in [0.2, 0.25) is 0 Å². The van der Waals surface area contributed by atoms with Gasteiger partial charge in [-0.05, 0) is 106 Å². The van der Waals surface area contributed by atoms with Crippen LogP contribution in [-0.2, 0) is 4.74 Å². The first kappa shape index (κ1) is 24.6. The van der Waals surface area contributed by atoms with Crippen LogP contribution >= 0.6 is 0 Å². The average Bonchev–Trinajstić information content (AvgIpc) is 3.46. The van der Waals surface area contributed by atoms with E-state index in [0.717, 1.165) is 29.5 Å². The highest BCUT2D eigenvalue weighted by atomic mass is 19.1. The number of hydrogen-bond acceptors (Lipinski definition) is 5. The molecule has 4 aromatic rings. The first-order chi connectivity index (χ1) is 17.9. The fraction of sp³-hybridized carbons (Fsp3) is 0.433. The number of rotatable bonds is 2. The number of ether oxygens (including phenoxy) is 1. The summed E-state index contributed by atoms with van der Waals surface area (Å²) in [5.41, 5.74) is 2.69. The molecule has 38 heavy (non-hydrogen) atoms. The van der Waals surface area contributed by atoms with Crippen LogP contribution in [0, 0.1) is 19.7 Å². The summed E-state index contributed by atoms with van der Waals surface area (Å²) in [7, 11) is 0. The fourth-order valence-corrected chi connectivity index (χ4v) is 5.89. The first-order valence-corrected chi connectivity index (χ1v) is 13.2. The lowest BCUT2D eigenvalue weighted by atomic mass is 9.94. The molecular formula is C30H32FN3O4. The number of likely N-dealkylation sites (tertiary alicyclic amines) is 1. The number of piperidine rings is 1. The number of benzene rings is 2. The number of aromatic nitrogens is 2. The Balaban J connectivity index is 1.32. The van der Waals surface area contributed by atoms with E-state index in [2.05, 4.69) is 4.98 Å². The predicted octanol–water partition coefficient (Wildman–Crippen LogP) is 6.67. The second-order valence-electron chi connectivity index (χ2n) is 11.8. The number of carbonyl (C=O) groups is 1. The number of amides is 1. The summed E-state index contributed by atoms with van der Waals surface area (Å²) in [6.07, 6.45) is 4.52. The van der Waals surface area contributed by atoms with Crippen LogP contribution in [0.25, 0.3) is 33.0 Å². The second-order valence-corrected chi connectivity index (χ2v) is 11.8. The van der Waals surface area contributed by atoms with E-state index < -0.39 is 11.4 Å². The van der Waals surface area contributed by atoms with Crippen molar-refractivity contribution in [3.05, 3.63) is 64.2 Å². The van der Waals surface area contributed by atoms with Gasteiger partial charge in [0.2, 0.25) is 0 Å². The molecule has 1 aliphatic heterocycles. The Morgan fingerprint density at radius 2 is 1.89 bits per heavy atom. The third-order valence-electron chi connectivity index (χ3n) is 7.82. The SMILES string of the molecule is Cc1nc2c(C)cc(-c3cc(F)c4c(=O)n(C5CCN(C(=O)OC(C)(C)C)C6(CC6)C5)ccc4c3)cc2o1. The van der Waals surface area contributed by atoms with Gasteiger partial charge in [0.05, 0.1) is 5.39 Å². The molecule has 2 fully saturated rings. The van der Waals surface area contributed by atoms with Crippen molar-refractivity contribution in [3.63, 3.8) is 0 Å². The van der Waals surface area contributed by atoms with E-state index in [1.807, 2.05) is 56.9 Å². The van der Waals surface area contributed by atoms with Crippen molar-refractivity contribution in [2.75, 3.05) is 6.54 Å². The Kier molecular flexibility index (Phi) is 5.46. The summed E-state index contributed by atoms with van der Waals surface area (Å²) in [6, 6.07) is 8.80. The van der Waals surface area contributed by atoms with Gasteiger partial charge >= 0.3 is 6.09 Å². The van der Waals surface area contributed by atoms with Crippen molar-refractivity contribution in [1.82, 2.24) is 14.5 Å². The van der Waals surface area contributed by atoms with Gasteiger partial charge in [-0.2, -0.15) is 0 Å². The molecule has 1 amide bonds. The molecule has 2 aromatic heterocycles. The van der Waals surface area contributed by atoms with Gasteiger partial charge in [-0.1, -0.05) is 0 Å². The lowest BCUT2D eigenvalue weighted by Crippen LogP contribution is -2.50. The molecule has 1 saturated carbocycles. The van der Waals surface area contributed by atoms with E-state index in [4.69, 9.17) is 9.15 Å². The monoisotopic (exact) mass is 517 g/mol. The molecule has 7 nitrogen and oxygen atoms in total. The van der Waals surface area contributed by atoms with Gasteiger partial charge < -0.3 is 18.6 Å². The number of fused-ring (bicyclic) bond motifs is 2. The Labute approximate surface area is 220 Å². The number of carbonyl (C=O) groups excluding carboxylic acids is 1. The molecule has 1 aliphatic carbocycles. The molecule has 3 heterocycles. The van der Waals surface area contributed by atoms with Crippen molar-refractivity contribution in [2.45, 2.75) is 77.5 Å². The van der Waals surface area contributed by atoms with E-state index in [1.165, 1.54) is 6.07 Å². The van der Waals surface area contributed by atoms with Crippen molar-refractivity contribution >= 4 is 28.0 Å². The van der Waals surface area contributed by atoms with Crippen molar-refractivity contribution < 1.29 is 18.3 Å². The lowest BCUT2D eigenvalue weighted by molar-refractivity contribution is 0.000497. The number of halogens is 1. The van der Waals surface area contributed by atoms with Crippen LogP contribution in [0.3, 0.4) is 0 Å². The standard InChI is InChI=1S/C30H32FN3O4/c1-17-12-20(15-24-26(17)32-18(2)37-24)21-13-19-6-10-33(27(35)25(19)23(31)14-21)22-7-11-34(30(16-22)8-9-30)28(36)38-29(3,4)5/h6,10,12-15,22H,7-9,11,16H2,1-5H3. The second kappa shape index (κ2) is 8.41. The van der Waals surface area contributed by atoms with Crippen molar-refractivity contribution in [2.24, 2.45) is 0 Å². The summed E-state index contributed by atoms with van der Waals surface area (Å²) in [5, 5.41) is 0.643. The highest BCUT2D eigenvalue weighted by molar-refractivity contribution is 5.90. The quantitative estimate of drug-likeness (QED) is 0.297. The van der Waals surface area contributed by atoms with Crippen molar-refractivity contribution in [1.29, 1.82) is 0 Å². The topological polar surface area (TPSA) is 77.6 Å². The summed E-state index contributed by atoms with van der Waals surface area (Å²) >= 11 is 0. The highest BCUT2D eigenvalue weighted by Crippen LogP contribution is 2.51. The Morgan fingerprint density at radius 3 is 2.61 bits per heavy atom. The van der Waals surface area contributed by atoms with Crippen LogP contribution in [0.4, 0.5) is 9.18 Å². The van der Waals surface area contributed by atoms with Gasteiger partial charge in [-0.25, -0.2) is 14.2 Å². The van der Waals surface area contributed by atoms with Crippen LogP contribution in [-0.4, -0.2) is 38.2 Å². The normalized spacial score (nSPS) is 18.9. The van der Waals surface area contributed by atoms with E-state index >= 15 is 4.39 Å². The number of nitrogens with zero attached hydrogens (tertiary/aromatic N) is 3. The molecule has 1 atom stereocenters. The first-order valence-electron chi connectivity index (χ1n) is 13.2. The number of hydrogen-bond donors (Lipinski definition) is 0. The molecular weight excluding hydrogens is 485 g/mol. The Bertz CT molecular complexity index is 1660. The molecule has 0 bridgehead atoms. The lowest BCUT2D eigenvalue weighted by Gasteiger charge is -2.41. The van der Waals surface area contributed by atoms with E-state index in [-0.39, 0.29) is 28.6 Å². The zero-order valence-electron chi connectivity index (χ0n) is 22.4. The third-order valence-corrected chi connectivity index (χ3v) is 7.82. The maximum atomic E-state index is 15.5. The molecule has 0 radical (unpaired) electrons. The van der Waals surface area contributed by atoms with Crippen molar-refractivity contribution in [3.8, 4) is 11.1 Å². The molecule has 2 aliphatic rings. The van der Waals surface area contributed by atoms with Crippen LogP contribution in [0.1, 0.15) is 64.0 Å². The minimum atomic E-state index is -0.562. The molecule has 198 valence electrons. The van der Waals surface area contributed by atoms with Gasteiger partial charge in [-0.15, -0.1) is 0 Å². The summed E-state index contributed by atoms with van der Waals surface area (Å²) in [5.74, 6) is 0.0334. The number of aryl methyl sites for hydroxylation is 2. The molecule has 8 heteroatoms. The largest absolute Gasteiger partial charge is 0.444 e. The Morgan fingerprint density at radius 1 is 1.16 bits per heavy atom. The predicted molar refractivity (Wildman–Crippen MR) is 144 cm³/mol. The van der Waals surface area contributed by atoms with Crippen LogP contribution in [0.5, 0.6) is 0 Å². The fourth-order valence-electron chi connectivity index (χ4n) is 5.89. The number of pyridine rings is 1. The van der Waals surface area contributed by atoms with Gasteiger partial charge in [0, 0.05) is 31.2 Å². The molecule has 6 rings (SSSR count). The minimum Gasteiger partial charge on any atom is -0.444 e. The van der Waals surface area contributed by atoms with Crippen LogP contribution in [0.15, 0.2) is 45.7 Å². The Hall–Kier alpha value is -3.68. The smallest absolute Gasteiger partial charge is 0.410 e. The maximum Gasteiger partial charge on any atom is 0.410 e. The molecule has 0 N–H and O–H groups in total. The molecule has 2 aromatic carbocycles.